The van der Waals surface area contributed by atoms with Crippen LogP contribution in [0.1, 0.15) is 35.4 Å². The molecule has 0 saturated carbocycles. The molecule has 0 aromatic heterocycles. The predicted octanol–water partition coefficient (Wildman–Crippen LogP) is 4.65. The predicted molar refractivity (Wildman–Crippen MR) is 118 cm³/mol. The van der Waals surface area contributed by atoms with Crippen LogP contribution in [-0.4, -0.2) is 44.1 Å². The highest BCUT2D eigenvalue weighted by Gasteiger charge is 2.17. The monoisotopic (exact) mass is 388 g/mol. The Morgan fingerprint density at radius 2 is 1.86 bits per heavy atom. The first-order valence-electron chi connectivity index (χ1n) is 10.3. The van der Waals surface area contributed by atoms with Gasteiger partial charge in [-0.1, -0.05) is 48.5 Å². The summed E-state index contributed by atoms with van der Waals surface area (Å²) in [5.74, 6) is 0.124. The minimum atomic E-state index is 0.0827. The Bertz CT molecular complexity index is 989. The van der Waals surface area contributed by atoms with Crippen molar-refractivity contribution in [1.82, 2.24) is 10.2 Å². The first-order valence-corrected chi connectivity index (χ1v) is 10.3. The van der Waals surface area contributed by atoms with Gasteiger partial charge in [-0.25, -0.2) is 0 Å². The van der Waals surface area contributed by atoms with Gasteiger partial charge in [0.2, 0.25) is 0 Å². The third kappa shape index (κ3) is 4.19. The second-order valence-electron chi connectivity index (χ2n) is 7.64. The Balaban J connectivity index is 1.65. The van der Waals surface area contributed by atoms with Gasteiger partial charge in [0.25, 0.3) is 5.91 Å². The lowest BCUT2D eigenvalue weighted by Gasteiger charge is -2.20. The minimum Gasteiger partial charge on any atom is -0.377 e. The second-order valence-corrected chi connectivity index (χ2v) is 7.64. The molecule has 0 bridgehead atoms. The van der Waals surface area contributed by atoms with Crippen molar-refractivity contribution in [2.75, 3.05) is 33.3 Å². The average Bonchev–Trinajstić information content (AvgIpc) is 3.07. The molecule has 4 heteroatoms. The molecule has 1 amide bonds. The van der Waals surface area contributed by atoms with Crippen molar-refractivity contribution in [3.8, 4) is 11.1 Å². The Kier molecular flexibility index (Phi) is 5.93. The van der Waals surface area contributed by atoms with E-state index in [0.29, 0.717) is 0 Å². The molecule has 29 heavy (non-hydrogen) atoms. The normalized spacial score (nSPS) is 15.9. The topological polar surface area (TPSA) is 41.6 Å². The fourth-order valence-corrected chi connectivity index (χ4v) is 3.97. The SMILES string of the molecule is COC(C)c1ccc(-c2cccc3cc(C(=O)N4CCCNCC4)ccc23)cc1. The average molecular weight is 389 g/mol. The van der Waals surface area contributed by atoms with Crippen molar-refractivity contribution in [3.63, 3.8) is 0 Å². The molecule has 1 N–H and O–H groups in total. The lowest BCUT2D eigenvalue weighted by Crippen LogP contribution is -2.34. The van der Waals surface area contributed by atoms with E-state index in [4.69, 9.17) is 4.74 Å². The molecule has 0 aliphatic carbocycles. The lowest BCUT2D eigenvalue weighted by atomic mass is 9.95. The van der Waals surface area contributed by atoms with E-state index in [1.54, 1.807) is 7.11 Å². The minimum absolute atomic E-state index is 0.0827. The van der Waals surface area contributed by atoms with Crippen LogP contribution >= 0.6 is 0 Å². The third-order valence-electron chi connectivity index (χ3n) is 5.80. The van der Waals surface area contributed by atoms with Crippen LogP contribution in [0.3, 0.4) is 0 Å². The number of hydrogen-bond acceptors (Lipinski definition) is 3. The van der Waals surface area contributed by atoms with Gasteiger partial charge in [0, 0.05) is 32.3 Å². The number of rotatable bonds is 4. The summed E-state index contributed by atoms with van der Waals surface area (Å²) in [6, 6.07) is 20.9. The largest absolute Gasteiger partial charge is 0.377 e. The van der Waals surface area contributed by atoms with Gasteiger partial charge in [-0.2, -0.15) is 0 Å². The Hall–Kier alpha value is -2.69. The Morgan fingerprint density at radius 1 is 1.03 bits per heavy atom. The van der Waals surface area contributed by atoms with Gasteiger partial charge >= 0.3 is 0 Å². The van der Waals surface area contributed by atoms with Crippen LogP contribution in [0, 0.1) is 0 Å². The fourth-order valence-electron chi connectivity index (χ4n) is 3.97. The second kappa shape index (κ2) is 8.76. The first-order chi connectivity index (χ1) is 14.2. The van der Waals surface area contributed by atoms with Gasteiger partial charge in [-0.3, -0.25) is 4.79 Å². The first kappa shape index (κ1) is 19.6. The van der Waals surface area contributed by atoms with E-state index in [2.05, 4.69) is 53.8 Å². The molecular formula is C25H28N2O2. The summed E-state index contributed by atoms with van der Waals surface area (Å²) in [4.78, 5) is 14.9. The number of methoxy groups -OCH3 is 1. The molecular weight excluding hydrogens is 360 g/mol. The standard InChI is InChI=1S/C25H28N2O2/c1-18(29-2)19-7-9-20(10-8-19)23-6-3-5-21-17-22(11-12-24(21)23)25(28)27-15-4-13-26-14-16-27/h3,5-12,17-18,26H,4,13-16H2,1-2H3. The Morgan fingerprint density at radius 3 is 2.66 bits per heavy atom. The number of carbonyl (C=O) groups excluding carboxylic acids is 1. The smallest absolute Gasteiger partial charge is 0.253 e. The van der Waals surface area contributed by atoms with Crippen molar-refractivity contribution in [3.05, 3.63) is 71.8 Å². The van der Waals surface area contributed by atoms with E-state index >= 15 is 0 Å². The van der Waals surface area contributed by atoms with Crippen LogP contribution in [-0.2, 0) is 4.74 Å². The molecule has 0 spiro atoms. The molecule has 4 nitrogen and oxygen atoms in total. The highest BCUT2D eigenvalue weighted by molar-refractivity contribution is 6.02. The van der Waals surface area contributed by atoms with Crippen molar-refractivity contribution < 1.29 is 9.53 Å². The molecule has 1 saturated heterocycles. The quantitative estimate of drug-likeness (QED) is 0.707. The number of fused-ring (bicyclic) bond motifs is 1. The van der Waals surface area contributed by atoms with Crippen LogP contribution in [0.2, 0.25) is 0 Å². The summed E-state index contributed by atoms with van der Waals surface area (Å²) >= 11 is 0. The number of nitrogens with zero attached hydrogens (tertiary/aromatic N) is 1. The zero-order valence-corrected chi connectivity index (χ0v) is 17.2. The van der Waals surface area contributed by atoms with Gasteiger partial charge in [-0.15, -0.1) is 0 Å². The van der Waals surface area contributed by atoms with E-state index in [-0.39, 0.29) is 12.0 Å². The number of benzene rings is 3. The summed E-state index contributed by atoms with van der Waals surface area (Å²) in [6.07, 6.45) is 1.08. The van der Waals surface area contributed by atoms with Gasteiger partial charge in [0.1, 0.15) is 0 Å². The summed E-state index contributed by atoms with van der Waals surface area (Å²) in [5, 5.41) is 5.61. The van der Waals surface area contributed by atoms with Crippen LogP contribution in [0.5, 0.6) is 0 Å². The maximum Gasteiger partial charge on any atom is 0.253 e. The van der Waals surface area contributed by atoms with E-state index in [1.165, 1.54) is 11.1 Å². The van der Waals surface area contributed by atoms with E-state index < -0.39 is 0 Å². The number of carbonyl (C=O) groups is 1. The van der Waals surface area contributed by atoms with Crippen molar-refractivity contribution in [2.45, 2.75) is 19.4 Å². The van der Waals surface area contributed by atoms with E-state index in [1.807, 2.05) is 24.0 Å². The van der Waals surface area contributed by atoms with E-state index in [0.717, 1.165) is 54.5 Å². The highest BCUT2D eigenvalue weighted by Crippen LogP contribution is 2.30. The maximum atomic E-state index is 13.0. The molecule has 3 aromatic carbocycles. The lowest BCUT2D eigenvalue weighted by molar-refractivity contribution is 0.0766. The zero-order valence-electron chi connectivity index (χ0n) is 17.2. The molecule has 1 fully saturated rings. The third-order valence-corrected chi connectivity index (χ3v) is 5.80. The number of nitrogens with one attached hydrogen (secondary N) is 1. The fraction of sp³-hybridized carbons (Fsp3) is 0.320. The van der Waals surface area contributed by atoms with Gasteiger partial charge in [0.05, 0.1) is 6.10 Å². The summed E-state index contributed by atoms with van der Waals surface area (Å²) in [6.45, 7) is 5.47. The van der Waals surface area contributed by atoms with Crippen LogP contribution in [0.4, 0.5) is 0 Å². The maximum absolute atomic E-state index is 13.0. The van der Waals surface area contributed by atoms with Crippen LogP contribution in [0.15, 0.2) is 60.7 Å². The molecule has 150 valence electrons. The van der Waals surface area contributed by atoms with Crippen LogP contribution in [0.25, 0.3) is 21.9 Å². The molecule has 4 rings (SSSR count). The van der Waals surface area contributed by atoms with Crippen molar-refractivity contribution in [2.24, 2.45) is 0 Å². The summed E-state index contributed by atoms with van der Waals surface area (Å²) < 4.78 is 5.41. The molecule has 0 radical (unpaired) electrons. The van der Waals surface area contributed by atoms with Gasteiger partial charge < -0.3 is 15.0 Å². The van der Waals surface area contributed by atoms with Gasteiger partial charge in [0.15, 0.2) is 0 Å². The summed E-state index contributed by atoms with van der Waals surface area (Å²) in [5.41, 5.74) is 4.27. The molecule has 1 heterocycles. The number of hydrogen-bond donors (Lipinski definition) is 1. The Labute approximate surface area is 172 Å². The zero-order chi connectivity index (χ0) is 20.2. The van der Waals surface area contributed by atoms with E-state index in [9.17, 15) is 4.79 Å². The van der Waals surface area contributed by atoms with Crippen molar-refractivity contribution >= 4 is 16.7 Å². The van der Waals surface area contributed by atoms with Crippen LogP contribution < -0.4 is 5.32 Å². The number of ether oxygens (including phenoxy) is 1. The molecule has 3 aromatic rings. The molecule has 1 aliphatic rings. The highest BCUT2D eigenvalue weighted by atomic mass is 16.5. The molecule has 1 atom stereocenters. The van der Waals surface area contributed by atoms with Crippen molar-refractivity contribution in [1.29, 1.82) is 0 Å². The molecule has 1 aliphatic heterocycles. The van der Waals surface area contributed by atoms with Gasteiger partial charge in [-0.05, 0) is 59.5 Å². The summed E-state index contributed by atoms with van der Waals surface area (Å²) in [7, 11) is 1.73. The number of amides is 1. The molecule has 1 unspecified atom stereocenters.